The highest BCUT2D eigenvalue weighted by Crippen LogP contribution is 2.54. The first-order chi connectivity index (χ1) is 13.3. The van der Waals surface area contributed by atoms with Gasteiger partial charge in [-0.2, -0.15) is 18.3 Å². The molecule has 5 nitrogen and oxygen atoms in total. The maximum atomic E-state index is 13.7. The fourth-order valence-electron chi connectivity index (χ4n) is 4.95. The van der Waals surface area contributed by atoms with E-state index in [0.717, 1.165) is 16.0 Å². The lowest BCUT2D eigenvalue weighted by molar-refractivity contribution is -0.141. The molecule has 3 aliphatic rings. The Bertz CT molecular complexity index is 995. The number of aromatic nitrogens is 2. The lowest BCUT2D eigenvalue weighted by Gasteiger charge is -2.19. The van der Waals surface area contributed by atoms with Crippen molar-refractivity contribution >= 4 is 17.6 Å². The maximum Gasteiger partial charge on any atom is 0.435 e. The molecule has 0 N–H and O–H groups in total. The lowest BCUT2D eigenvalue weighted by atomic mass is 9.85. The van der Waals surface area contributed by atoms with Crippen molar-refractivity contribution in [2.75, 3.05) is 4.90 Å². The summed E-state index contributed by atoms with van der Waals surface area (Å²) in [4.78, 5) is 27.2. The van der Waals surface area contributed by atoms with Gasteiger partial charge in [-0.15, -0.1) is 0 Å². The van der Waals surface area contributed by atoms with Gasteiger partial charge < -0.3 is 0 Å². The number of benzene rings is 1. The van der Waals surface area contributed by atoms with Crippen LogP contribution in [-0.2, 0) is 22.8 Å². The highest BCUT2D eigenvalue weighted by Gasteiger charge is 2.60. The van der Waals surface area contributed by atoms with E-state index >= 15 is 0 Å². The Balaban J connectivity index is 1.70. The molecule has 2 fully saturated rings. The fraction of sp³-hybridized carbons (Fsp3) is 0.350. The Morgan fingerprint density at radius 2 is 1.57 bits per heavy atom. The van der Waals surface area contributed by atoms with Gasteiger partial charge in [0, 0.05) is 7.05 Å². The molecule has 2 aliphatic carbocycles. The topological polar surface area (TPSA) is 55.2 Å². The zero-order valence-corrected chi connectivity index (χ0v) is 14.8. The van der Waals surface area contributed by atoms with Crippen molar-refractivity contribution in [1.29, 1.82) is 0 Å². The van der Waals surface area contributed by atoms with Gasteiger partial charge in [0.15, 0.2) is 5.69 Å². The van der Waals surface area contributed by atoms with Crippen molar-refractivity contribution in [3.63, 3.8) is 0 Å². The average Bonchev–Trinajstić information content (AvgIpc) is 3.39. The fourth-order valence-corrected chi connectivity index (χ4v) is 4.95. The van der Waals surface area contributed by atoms with Crippen LogP contribution in [-0.4, -0.2) is 21.6 Å². The van der Waals surface area contributed by atoms with Crippen LogP contribution in [0.1, 0.15) is 12.1 Å². The molecule has 4 atom stereocenters. The molecular weight excluding hydrogens is 371 g/mol. The van der Waals surface area contributed by atoms with Crippen molar-refractivity contribution < 1.29 is 22.8 Å². The highest BCUT2D eigenvalue weighted by atomic mass is 19.4. The van der Waals surface area contributed by atoms with Gasteiger partial charge in [-0.3, -0.25) is 14.3 Å². The first-order valence-corrected chi connectivity index (χ1v) is 9.04. The SMILES string of the molecule is Cn1nc(C(F)(F)F)c(-c2ccccc2)c1N1C(=O)[C@@H]2[C@@H](C1=O)[C@H]1C=C[C@H]2C1. The van der Waals surface area contributed by atoms with Crippen LogP contribution in [0.2, 0.25) is 0 Å². The third-order valence-electron chi connectivity index (χ3n) is 6.03. The van der Waals surface area contributed by atoms with E-state index in [-0.39, 0.29) is 28.8 Å². The Morgan fingerprint density at radius 1 is 1.00 bits per heavy atom. The molecule has 2 bridgehead atoms. The Hall–Kier alpha value is -2.90. The summed E-state index contributed by atoms with van der Waals surface area (Å²) in [5, 5.41) is 3.65. The van der Waals surface area contributed by atoms with E-state index in [1.165, 1.54) is 19.2 Å². The zero-order chi connectivity index (χ0) is 19.8. The van der Waals surface area contributed by atoms with Gasteiger partial charge in [0.1, 0.15) is 5.82 Å². The number of carbonyl (C=O) groups is 2. The number of alkyl halides is 3. The van der Waals surface area contributed by atoms with Crippen LogP contribution in [0.15, 0.2) is 42.5 Å². The van der Waals surface area contributed by atoms with Gasteiger partial charge in [-0.1, -0.05) is 42.5 Å². The Morgan fingerprint density at radius 3 is 2.11 bits per heavy atom. The summed E-state index contributed by atoms with van der Waals surface area (Å²) in [6.45, 7) is 0. The zero-order valence-electron chi connectivity index (χ0n) is 14.8. The van der Waals surface area contributed by atoms with Crippen LogP contribution in [0, 0.1) is 23.7 Å². The van der Waals surface area contributed by atoms with Gasteiger partial charge in [-0.05, 0) is 23.8 Å². The predicted molar refractivity (Wildman–Crippen MR) is 93.9 cm³/mol. The first-order valence-electron chi connectivity index (χ1n) is 9.04. The molecular formula is C20H16F3N3O2. The second-order valence-corrected chi connectivity index (χ2v) is 7.55. The molecule has 0 spiro atoms. The molecule has 0 unspecified atom stereocenters. The summed E-state index contributed by atoms with van der Waals surface area (Å²) >= 11 is 0. The van der Waals surface area contributed by atoms with Gasteiger partial charge >= 0.3 is 6.18 Å². The van der Waals surface area contributed by atoms with Crippen LogP contribution in [0.25, 0.3) is 11.1 Å². The van der Waals surface area contributed by atoms with Crippen LogP contribution >= 0.6 is 0 Å². The number of anilines is 1. The number of hydrogen-bond donors (Lipinski definition) is 0. The van der Waals surface area contributed by atoms with Crippen molar-refractivity contribution in [2.45, 2.75) is 12.6 Å². The van der Waals surface area contributed by atoms with Gasteiger partial charge in [0.25, 0.3) is 0 Å². The number of amides is 2. The average molecular weight is 387 g/mol. The number of rotatable bonds is 2. The van der Waals surface area contributed by atoms with Gasteiger partial charge in [0.05, 0.1) is 17.4 Å². The third kappa shape index (κ3) is 2.17. The minimum Gasteiger partial charge on any atom is -0.274 e. The molecule has 144 valence electrons. The normalized spacial score (nSPS) is 28.5. The smallest absolute Gasteiger partial charge is 0.274 e. The van der Waals surface area contributed by atoms with E-state index in [1.54, 1.807) is 18.2 Å². The largest absolute Gasteiger partial charge is 0.435 e. The predicted octanol–water partition coefficient (Wildman–Crippen LogP) is 3.42. The standard InChI is InChI=1S/C20H16F3N3O2/c1-25-17(15(10-5-3-2-4-6-10)16(24-25)20(21,22)23)26-18(27)13-11-7-8-12(9-11)14(13)19(26)28/h2-8,11-14H,9H2,1H3/t11-,12-,13-,14-/m0/s1. The van der Waals surface area contributed by atoms with Crippen LogP contribution < -0.4 is 4.90 Å². The minimum absolute atomic E-state index is 0.0214. The van der Waals surface area contributed by atoms with E-state index in [4.69, 9.17) is 0 Å². The number of halogens is 3. The monoisotopic (exact) mass is 387 g/mol. The molecule has 1 aromatic carbocycles. The van der Waals surface area contributed by atoms with Crippen LogP contribution in [0.3, 0.4) is 0 Å². The molecule has 1 aromatic heterocycles. The summed E-state index contributed by atoms with van der Waals surface area (Å²) in [5.74, 6) is -1.99. The molecule has 8 heteroatoms. The van der Waals surface area contributed by atoms with Crippen molar-refractivity contribution in [1.82, 2.24) is 9.78 Å². The maximum absolute atomic E-state index is 13.7. The minimum atomic E-state index is -4.72. The number of hydrogen-bond acceptors (Lipinski definition) is 3. The number of carbonyl (C=O) groups excluding carboxylic acids is 2. The second-order valence-electron chi connectivity index (χ2n) is 7.55. The number of imide groups is 1. The number of aryl methyl sites for hydroxylation is 1. The van der Waals surface area contributed by atoms with Crippen LogP contribution in [0.5, 0.6) is 0 Å². The summed E-state index contributed by atoms with van der Waals surface area (Å²) in [7, 11) is 1.33. The third-order valence-corrected chi connectivity index (χ3v) is 6.03. The number of fused-ring (bicyclic) bond motifs is 5. The summed E-state index contributed by atoms with van der Waals surface area (Å²) < 4.78 is 42.1. The molecule has 2 heterocycles. The van der Waals surface area contributed by atoms with Crippen LogP contribution in [0.4, 0.5) is 19.0 Å². The van der Waals surface area contributed by atoms with Crippen molar-refractivity contribution in [3.05, 3.63) is 48.2 Å². The second kappa shape index (κ2) is 5.56. The molecule has 0 radical (unpaired) electrons. The van der Waals surface area contributed by atoms with E-state index in [1.807, 2.05) is 12.2 Å². The molecule has 2 amide bonds. The van der Waals surface area contributed by atoms with Gasteiger partial charge in [0.2, 0.25) is 11.8 Å². The highest BCUT2D eigenvalue weighted by molar-refractivity contribution is 6.23. The van der Waals surface area contributed by atoms with E-state index in [9.17, 15) is 22.8 Å². The number of nitrogens with zero attached hydrogens (tertiary/aromatic N) is 3. The lowest BCUT2D eigenvalue weighted by Crippen LogP contribution is -2.34. The molecule has 2 aromatic rings. The van der Waals surface area contributed by atoms with Crippen molar-refractivity contribution in [2.24, 2.45) is 30.7 Å². The molecule has 28 heavy (non-hydrogen) atoms. The summed E-state index contributed by atoms with van der Waals surface area (Å²) in [6, 6.07) is 7.95. The summed E-state index contributed by atoms with van der Waals surface area (Å²) in [5.41, 5.74) is -1.08. The quantitative estimate of drug-likeness (QED) is 0.586. The molecule has 5 rings (SSSR count). The van der Waals surface area contributed by atoms with E-state index < -0.39 is 35.5 Å². The molecule has 1 saturated heterocycles. The molecule has 1 aliphatic heterocycles. The van der Waals surface area contributed by atoms with E-state index in [2.05, 4.69) is 5.10 Å². The van der Waals surface area contributed by atoms with Crippen molar-refractivity contribution in [3.8, 4) is 11.1 Å². The summed E-state index contributed by atoms with van der Waals surface area (Å²) in [6.07, 6.45) is -0.0686. The molecule has 1 saturated carbocycles. The van der Waals surface area contributed by atoms with Gasteiger partial charge in [-0.25, -0.2) is 4.90 Å². The Labute approximate surface area is 158 Å². The Kier molecular flexibility index (Phi) is 3.42. The van der Waals surface area contributed by atoms with E-state index in [0.29, 0.717) is 0 Å². The number of allylic oxidation sites excluding steroid dienone is 2. The first kappa shape index (κ1) is 17.2.